The van der Waals surface area contributed by atoms with E-state index in [2.05, 4.69) is 18.2 Å². The van der Waals surface area contributed by atoms with Crippen LogP contribution in [0.3, 0.4) is 0 Å². The van der Waals surface area contributed by atoms with Crippen LogP contribution in [0, 0.1) is 11.6 Å². The van der Waals surface area contributed by atoms with Gasteiger partial charge < -0.3 is 0 Å². The Balaban J connectivity index is 1.42. The van der Waals surface area contributed by atoms with Crippen LogP contribution in [0.4, 0.5) is 8.78 Å². The van der Waals surface area contributed by atoms with E-state index in [1.54, 1.807) is 23.5 Å². The van der Waals surface area contributed by atoms with E-state index in [0.29, 0.717) is 23.0 Å². The highest BCUT2D eigenvalue weighted by Gasteiger charge is 2.22. The zero-order chi connectivity index (χ0) is 19.8. The van der Waals surface area contributed by atoms with Gasteiger partial charge in [-0.2, -0.15) is 0 Å². The molecule has 0 aliphatic heterocycles. The van der Waals surface area contributed by atoms with Crippen molar-refractivity contribution >= 4 is 11.3 Å². The van der Waals surface area contributed by atoms with Crippen molar-refractivity contribution < 1.29 is 8.78 Å². The lowest BCUT2D eigenvalue weighted by atomic mass is 9.94. The van der Waals surface area contributed by atoms with Gasteiger partial charge in [0.25, 0.3) is 0 Å². The fourth-order valence-electron chi connectivity index (χ4n) is 5.08. The Morgan fingerprint density at radius 1 is 0.621 bits per heavy atom. The summed E-state index contributed by atoms with van der Waals surface area (Å²) in [5, 5.41) is 0. The van der Waals surface area contributed by atoms with E-state index < -0.39 is 11.6 Å². The number of benzene rings is 2. The third-order valence-electron chi connectivity index (χ3n) is 6.78. The summed E-state index contributed by atoms with van der Waals surface area (Å²) in [4.78, 5) is 2.13. The van der Waals surface area contributed by atoms with E-state index >= 15 is 0 Å². The van der Waals surface area contributed by atoms with Crippen LogP contribution in [0.15, 0.2) is 48.5 Å². The molecular weight excluding hydrogens is 382 g/mol. The van der Waals surface area contributed by atoms with Crippen molar-refractivity contribution in [2.24, 2.45) is 0 Å². The van der Waals surface area contributed by atoms with Gasteiger partial charge in [-0.15, -0.1) is 11.3 Å². The van der Waals surface area contributed by atoms with Gasteiger partial charge in [0, 0.05) is 20.9 Å². The summed E-state index contributed by atoms with van der Waals surface area (Å²) in [5.74, 6) is -0.255. The van der Waals surface area contributed by atoms with Crippen LogP contribution in [-0.2, 0) is 0 Å². The van der Waals surface area contributed by atoms with Crippen LogP contribution < -0.4 is 0 Å². The lowest BCUT2D eigenvalue weighted by Gasteiger charge is -2.12. The maximum absolute atomic E-state index is 15.0. The van der Waals surface area contributed by atoms with Gasteiger partial charge in [0.15, 0.2) is 11.6 Å². The van der Waals surface area contributed by atoms with Gasteiger partial charge in [-0.05, 0) is 66.8 Å². The number of thiophene rings is 1. The molecule has 0 bridgehead atoms. The number of hydrogen-bond acceptors (Lipinski definition) is 1. The Morgan fingerprint density at radius 2 is 1.21 bits per heavy atom. The molecule has 29 heavy (non-hydrogen) atoms. The first kappa shape index (κ1) is 19.0. The molecule has 2 aromatic carbocycles. The molecule has 1 aromatic heterocycles. The van der Waals surface area contributed by atoms with Crippen molar-refractivity contribution in [2.45, 2.75) is 63.2 Å². The zero-order valence-corrected chi connectivity index (χ0v) is 17.4. The van der Waals surface area contributed by atoms with Crippen molar-refractivity contribution in [3.05, 3.63) is 70.6 Å². The monoisotopic (exact) mass is 408 g/mol. The molecule has 0 N–H and O–H groups in total. The van der Waals surface area contributed by atoms with Crippen molar-refractivity contribution in [3.63, 3.8) is 0 Å². The maximum atomic E-state index is 15.0. The highest BCUT2D eigenvalue weighted by atomic mass is 32.1. The lowest BCUT2D eigenvalue weighted by Crippen LogP contribution is -1.95. The average Bonchev–Trinajstić information content (AvgIpc) is 3.51. The predicted octanol–water partition coefficient (Wildman–Crippen LogP) is 8.68. The van der Waals surface area contributed by atoms with Gasteiger partial charge in [0.05, 0.1) is 0 Å². The second-order valence-corrected chi connectivity index (χ2v) is 9.69. The molecule has 0 unspecified atom stereocenters. The fourth-order valence-corrected chi connectivity index (χ4v) is 6.28. The van der Waals surface area contributed by atoms with Crippen LogP contribution in [0.5, 0.6) is 0 Å². The Bertz CT molecular complexity index is 990. The predicted molar refractivity (Wildman–Crippen MR) is 118 cm³/mol. The van der Waals surface area contributed by atoms with E-state index in [1.165, 1.54) is 61.8 Å². The highest BCUT2D eigenvalue weighted by molar-refractivity contribution is 7.15. The second kappa shape index (κ2) is 8.02. The van der Waals surface area contributed by atoms with Gasteiger partial charge in [-0.1, -0.05) is 56.0 Å². The number of hydrogen-bond donors (Lipinski definition) is 0. The first-order chi connectivity index (χ1) is 14.2. The summed E-state index contributed by atoms with van der Waals surface area (Å²) in [7, 11) is 0. The van der Waals surface area contributed by atoms with Crippen molar-refractivity contribution in [1.29, 1.82) is 0 Å². The molecular formula is C26H26F2S. The fraction of sp³-hybridized carbons (Fsp3) is 0.385. The molecule has 2 aliphatic rings. The summed E-state index contributed by atoms with van der Waals surface area (Å²) in [6, 6.07) is 15.6. The molecule has 2 saturated carbocycles. The van der Waals surface area contributed by atoms with E-state index in [0.717, 1.165) is 10.4 Å². The van der Waals surface area contributed by atoms with Crippen molar-refractivity contribution in [3.8, 4) is 21.6 Å². The second-order valence-electron chi connectivity index (χ2n) is 8.58. The molecule has 0 nitrogen and oxygen atoms in total. The molecule has 150 valence electrons. The molecule has 5 rings (SSSR count). The Morgan fingerprint density at radius 3 is 1.90 bits per heavy atom. The highest BCUT2D eigenvalue weighted by Crippen LogP contribution is 2.42. The molecule has 1 heterocycles. The third kappa shape index (κ3) is 3.66. The third-order valence-corrected chi connectivity index (χ3v) is 8.06. The minimum Gasteiger partial charge on any atom is -0.203 e. The van der Waals surface area contributed by atoms with Crippen molar-refractivity contribution in [1.82, 2.24) is 0 Å². The van der Waals surface area contributed by atoms with Crippen molar-refractivity contribution in [2.75, 3.05) is 0 Å². The molecule has 0 spiro atoms. The first-order valence-electron chi connectivity index (χ1n) is 10.9. The first-order valence-corrected chi connectivity index (χ1v) is 11.7. The smallest absolute Gasteiger partial charge is 0.168 e. The molecule has 0 radical (unpaired) electrons. The molecule has 3 aromatic rings. The standard InChI is InChI=1S/C26H26F2S/c27-25-21(19-11-9-18(10-12-19)17-5-1-2-6-17)13-14-22(26(25)28)24-16-15-23(29-24)20-7-3-4-8-20/h9-17,20H,1-8H2. The Kier molecular flexibility index (Phi) is 5.26. The van der Waals surface area contributed by atoms with Crippen LogP contribution in [0.1, 0.15) is 73.6 Å². The minimum absolute atomic E-state index is 0.344. The summed E-state index contributed by atoms with van der Waals surface area (Å²) in [6.07, 6.45) is 10.0. The molecule has 0 atom stereocenters. The van der Waals surface area contributed by atoms with Crippen LogP contribution in [0.2, 0.25) is 0 Å². The Labute approximate surface area is 175 Å². The summed E-state index contributed by atoms with van der Waals surface area (Å²) in [6.45, 7) is 0. The molecule has 0 amide bonds. The normalized spacial score (nSPS) is 18.0. The van der Waals surface area contributed by atoms with Gasteiger partial charge in [0.1, 0.15) is 0 Å². The van der Waals surface area contributed by atoms with Gasteiger partial charge in [-0.3, -0.25) is 0 Å². The SMILES string of the molecule is Fc1c(-c2ccc(C3CCCC3)cc2)ccc(-c2ccc(C3CCCC3)s2)c1F. The number of rotatable bonds is 4. The van der Waals surface area contributed by atoms with E-state index in [1.807, 2.05) is 18.2 Å². The lowest BCUT2D eigenvalue weighted by molar-refractivity contribution is 0.514. The van der Waals surface area contributed by atoms with E-state index in [-0.39, 0.29) is 0 Å². The number of halogens is 2. The topological polar surface area (TPSA) is 0 Å². The molecule has 2 aliphatic carbocycles. The molecule has 0 saturated heterocycles. The van der Waals surface area contributed by atoms with Crippen LogP contribution >= 0.6 is 11.3 Å². The summed E-state index contributed by atoms with van der Waals surface area (Å²) < 4.78 is 29.9. The molecule has 2 fully saturated rings. The van der Waals surface area contributed by atoms with Crippen LogP contribution in [0.25, 0.3) is 21.6 Å². The van der Waals surface area contributed by atoms with E-state index in [9.17, 15) is 8.78 Å². The largest absolute Gasteiger partial charge is 0.203 e. The van der Waals surface area contributed by atoms with Gasteiger partial charge >= 0.3 is 0 Å². The average molecular weight is 409 g/mol. The maximum Gasteiger partial charge on any atom is 0.168 e. The summed E-state index contributed by atoms with van der Waals surface area (Å²) in [5.41, 5.74) is 2.79. The quantitative estimate of drug-likeness (QED) is 0.405. The van der Waals surface area contributed by atoms with Gasteiger partial charge in [0.2, 0.25) is 0 Å². The summed E-state index contributed by atoms with van der Waals surface area (Å²) >= 11 is 1.62. The zero-order valence-electron chi connectivity index (χ0n) is 16.6. The van der Waals surface area contributed by atoms with Gasteiger partial charge in [-0.25, -0.2) is 8.78 Å². The van der Waals surface area contributed by atoms with Crippen LogP contribution in [-0.4, -0.2) is 0 Å². The van der Waals surface area contributed by atoms with E-state index in [4.69, 9.17) is 0 Å². The Hall–Kier alpha value is -2.00. The minimum atomic E-state index is -0.744. The molecule has 3 heteroatoms.